The van der Waals surface area contributed by atoms with E-state index in [1.807, 2.05) is 0 Å². The van der Waals surface area contributed by atoms with Crippen molar-refractivity contribution < 1.29 is 14.6 Å². The van der Waals surface area contributed by atoms with Crippen LogP contribution in [0.4, 0.5) is 0 Å². The van der Waals surface area contributed by atoms with Gasteiger partial charge in [0.15, 0.2) is 0 Å². The second-order valence-corrected chi connectivity index (χ2v) is 5.46. The molecular formula is C13H17N3O4S. The van der Waals surface area contributed by atoms with Crippen LogP contribution in [0.15, 0.2) is 22.6 Å². The Balaban J connectivity index is 1.89. The molecule has 21 heavy (non-hydrogen) atoms. The van der Waals surface area contributed by atoms with E-state index in [9.17, 15) is 14.7 Å². The zero-order chi connectivity index (χ0) is 15.2. The highest BCUT2D eigenvalue weighted by Crippen LogP contribution is 2.12. The molecule has 2 heterocycles. The summed E-state index contributed by atoms with van der Waals surface area (Å²) in [5.41, 5.74) is -0.226. The standard InChI is InChI=1S/C13H17N3O4S/c1-20-7-9(17)2-4-14-11(18)6-16-8-15-12-10(13(16)19)3-5-21-12/h3,5,8-9,17H,2,4,6-7H2,1H3,(H,14,18). The summed E-state index contributed by atoms with van der Waals surface area (Å²) in [4.78, 5) is 28.7. The van der Waals surface area contributed by atoms with Crippen molar-refractivity contribution in [1.82, 2.24) is 14.9 Å². The first kappa shape index (κ1) is 15.6. The Bertz CT molecular complexity index is 667. The maximum absolute atomic E-state index is 12.1. The van der Waals surface area contributed by atoms with Crippen molar-refractivity contribution in [3.8, 4) is 0 Å². The zero-order valence-electron chi connectivity index (χ0n) is 11.6. The van der Waals surface area contributed by atoms with Gasteiger partial charge in [-0.15, -0.1) is 11.3 Å². The molecule has 0 radical (unpaired) electrons. The first-order valence-corrected chi connectivity index (χ1v) is 7.36. The fourth-order valence-corrected chi connectivity index (χ4v) is 2.59. The molecule has 1 atom stereocenters. The molecule has 2 rings (SSSR count). The minimum absolute atomic E-state index is 0.0853. The van der Waals surface area contributed by atoms with Gasteiger partial charge in [0.25, 0.3) is 5.56 Å². The molecule has 7 nitrogen and oxygen atoms in total. The molecule has 1 amide bonds. The van der Waals surface area contributed by atoms with Crippen molar-refractivity contribution in [2.24, 2.45) is 0 Å². The number of thiophene rings is 1. The number of nitrogens with one attached hydrogen (secondary N) is 1. The lowest BCUT2D eigenvalue weighted by Crippen LogP contribution is -2.34. The number of nitrogens with zero attached hydrogens (tertiary/aromatic N) is 2. The van der Waals surface area contributed by atoms with Gasteiger partial charge in [0.2, 0.25) is 5.91 Å². The predicted molar refractivity (Wildman–Crippen MR) is 79.4 cm³/mol. The quantitative estimate of drug-likeness (QED) is 0.749. The van der Waals surface area contributed by atoms with Crippen LogP contribution in [0.25, 0.3) is 10.2 Å². The van der Waals surface area contributed by atoms with Gasteiger partial charge >= 0.3 is 0 Å². The number of rotatable bonds is 7. The highest BCUT2D eigenvalue weighted by atomic mass is 32.1. The van der Waals surface area contributed by atoms with Gasteiger partial charge in [0.05, 0.1) is 24.4 Å². The van der Waals surface area contributed by atoms with E-state index >= 15 is 0 Å². The van der Waals surface area contributed by atoms with Crippen LogP contribution in [0, 0.1) is 0 Å². The van der Waals surface area contributed by atoms with Gasteiger partial charge in [-0.05, 0) is 17.9 Å². The lowest BCUT2D eigenvalue weighted by atomic mass is 10.2. The third-order valence-corrected chi connectivity index (χ3v) is 3.74. The van der Waals surface area contributed by atoms with Gasteiger partial charge in [0, 0.05) is 13.7 Å². The summed E-state index contributed by atoms with van der Waals surface area (Å²) < 4.78 is 6.06. The van der Waals surface area contributed by atoms with Gasteiger partial charge in [-0.1, -0.05) is 0 Å². The number of hydrogen-bond acceptors (Lipinski definition) is 6. The number of aliphatic hydroxyl groups excluding tert-OH is 1. The zero-order valence-corrected chi connectivity index (χ0v) is 12.4. The van der Waals surface area contributed by atoms with Gasteiger partial charge in [-0.25, -0.2) is 4.98 Å². The minimum atomic E-state index is -0.609. The third-order valence-electron chi connectivity index (χ3n) is 2.92. The maximum atomic E-state index is 12.1. The molecule has 0 aromatic carbocycles. The lowest BCUT2D eigenvalue weighted by Gasteiger charge is -2.10. The summed E-state index contributed by atoms with van der Waals surface area (Å²) in [6.07, 6.45) is 1.17. The Labute approximate surface area is 125 Å². The number of carbonyl (C=O) groups is 1. The summed E-state index contributed by atoms with van der Waals surface area (Å²) >= 11 is 1.39. The highest BCUT2D eigenvalue weighted by molar-refractivity contribution is 7.16. The minimum Gasteiger partial charge on any atom is -0.391 e. The molecule has 1 unspecified atom stereocenters. The van der Waals surface area contributed by atoms with Crippen LogP contribution in [0.1, 0.15) is 6.42 Å². The molecule has 0 aliphatic rings. The van der Waals surface area contributed by atoms with E-state index in [4.69, 9.17) is 4.74 Å². The van der Waals surface area contributed by atoms with Gasteiger partial charge in [0.1, 0.15) is 11.4 Å². The molecule has 8 heteroatoms. The number of carbonyl (C=O) groups excluding carboxylic acids is 1. The number of aliphatic hydroxyl groups is 1. The molecule has 0 saturated heterocycles. The van der Waals surface area contributed by atoms with Crippen molar-refractivity contribution >= 4 is 27.5 Å². The van der Waals surface area contributed by atoms with Crippen LogP contribution in [0.5, 0.6) is 0 Å². The van der Waals surface area contributed by atoms with E-state index in [0.717, 1.165) is 0 Å². The Kier molecular flexibility index (Phi) is 5.43. The van der Waals surface area contributed by atoms with E-state index < -0.39 is 6.10 Å². The van der Waals surface area contributed by atoms with Crippen LogP contribution in [0.2, 0.25) is 0 Å². The molecule has 2 aromatic rings. The Morgan fingerprint density at radius 1 is 1.62 bits per heavy atom. The van der Waals surface area contributed by atoms with E-state index in [2.05, 4.69) is 10.3 Å². The smallest absolute Gasteiger partial charge is 0.262 e. The fraction of sp³-hybridized carbons (Fsp3) is 0.462. The van der Waals surface area contributed by atoms with Crippen molar-refractivity contribution in [1.29, 1.82) is 0 Å². The number of methoxy groups -OCH3 is 1. The lowest BCUT2D eigenvalue weighted by molar-refractivity contribution is -0.121. The summed E-state index contributed by atoms with van der Waals surface area (Å²) in [6, 6.07) is 1.70. The molecule has 0 bridgehead atoms. The molecule has 0 aliphatic heterocycles. The highest BCUT2D eigenvalue weighted by Gasteiger charge is 2.09. The number of aromatic nitrogens is 2. The second-order valence-electron chi connectivity index (χ2n) is 4.56. The Hall–Kier alpha value is -1.77. The van der Waals surface area contributed by atoms with E-state index in [-0.39, 0.29) is 24.6 Å². The monoisotopic (exact) mass is 311 g/mol. The van der Waals surface area contributed by atoms with Crippen LogP contribution in [-0.2, 0) is 16.1 Å². The van der Waals surface area contributed by atoms with E-state index in [1.54, 1.807) is 11.4 Å². The molecule has 0 saturated carbocycles. The van der Waals surface area contributed by atoms with Crippen molar-refractivity contribution in [3.05, 3.63) is 28.1 Å². The van der Waals surface area contributed by atoms with Crippen molar-refractivity contribution in [2.75, 3.05) is 20.3 Å². The van der Waals surface area contributed by atoms with Crippen LogP contribution in [-0.4, -0.2) is 46.9 Å². The summed E-state index contributed by atoms with van der Waals surface area (Å²) in [7, 11) is 1.50. The molecule has 2 N–H and O–H groups in total. The predicted octanol–water partition coefficient (Wildman–Crippen LogP) is -0.0284. The first-order valence-electron chi connectivity index (χ1n) is 6.48. The summed E-state index contributed by atoms with van der Waals surface area (Å²) in [5, 5.41) is 14.4. The normalized spacial score (nSPS) is 12.5. The molecule has 0 aliphatic carbocycles. The first-order chi connectivity index (χ1) is 10.1. The topological polar surface area (TPSA) is 93.4 Å². The SMILES string of the molecule is COCC(O)CCNC(=O)Cn1cnc2sccc2c1=O. The van der Waals surface area contributed by atoms with Crippen LogP contribution >= 0.6 is 11.3 Å². The van der Waals surface area contributed by atoms with Crippen molar-refractivity contribution in [2.45, 2.75) is 19.1 Å². The average Bonchev–Trinajstić information content (AvgIpc) is 2.91. The van der Waals surface area contributed by atoms with E-state index in [0.29, 0.717) is 23.2 Å². The van der Waals surface area contributed by atoms with Crippen molar-refractivity contribution in [3.63, 3.8) is 0 Å². The molecule has 2 aromatic heterocycles. The second kappa shape index (κ2) is 7.30. The number of amides is 1. The van der Waals surface area contributed by atoms with Gasteiger partial charge in [-0.2, -0.15) is 0 Å². The molecule has 114 valence electrons. The number of ether oxygens (including phenoxy) is 1. The summed E-state index contributed by atoms with van der Waals surface area (Å²) in [5.74, 6) is -0.293. The fourth-order valence-electron chi connectivity index (χ4n) is 1.87. The van der Waals surface area contributed by atoms with Crippen LogP contribution < -0.4 is 10.9 Å². The van der Waals surface area contributed by atoms with Gasteiger partial charge in [-0.3, -0.25) is 14.2 Å². The Morgan fingerprint density at radius 2 is 2.43 bits per heavy atom. The van der Waals surface area contributed by atoms with Gasteiger partial charge < -0.3 is 15.2 Å². The third kappa shape index (κ3) is 4.10. The van der Waals surface area contributed by atoms with Crippen LogP contribution in [0.3, 0.4) is 0 Å². The number of hydrogen-bond donors (Lipinski definition) is 2. The molecule has 0 fully saturated rings. The molecular weight excluding hydrogens is 294 g/mol. The van der Waals surface area contributed by atoms with E-state index in [1.165, 1.54) is 29.3 Å². The molecule has 0 spiro atoms. The maximum Gasteiger partial charge on any atom is 0.262 e. The average molecular weight is 311 g/mol. The Morgan fingerprint density at radius 3 is 3.19 bits per heavy atom. The largest absolute Gasteiger partial charge is 0.391 e. The summed E-state index contributed by atoms with van der Waals surface area (Å²) in [6.45, 7) is 0.471. The number of fused-ring (bicyclic) bond motifs is 1.